The summed E-state index contributed by atoms with van der Waals surface area (Å²) in [6.45, 7) is 6.73. The number of rotatable bonds is 4. The molecule has 0 bridgehead atoms. The van der Waals surface area contributed by atoms with Crippen molar-refractivity contribution < 1.29 is 4.74 Å². The number of benzene rings is 1. The lowest BCUT2D eigenvalue weighted by Crippen LogP contribution is -2.46. The van der Waals surface area contributed by atoms with Crippen LogP contribution in [0, 0.1) is 5.92 Å². The molecule has 0 radical (unpaired) electrons. The minimum atomic E-state index is 0.0555. The van der Waals surface area contributed by atoms with Gasteiger partial charge in [-0.3, -0.25) is 9.69 Å². The lowest BCUT2D eigenvalue weighted by Gasteiger charge is -2.40. The summed E-state index contributed by atoms with van der Waals surface area (Å²) in [6, 6.07) is 14.2. The number of hydrogen-bond acceptors (Lipinski definition) is 3. The Balaban J connectivity index is 1.81. The molecule has 0 spiro atoms. The van der Waals surface area contributed by atoms with Crippen LogP contribution in [0.25, 0.3) is 0 Å². The molecule has 3 rings (SSSR count). The molecule has 128 valence electrons. The third-order valence-electron chi connectivity index (χ3n) is 4.71. The Morgan fingerprint density at radius 2 is 1.88 bits per heavy atom. The van der Waals surface area contributed by atoms with Crippen molar-refractivity contribution in [3.8, 4) is 0 Å². The highest BCUT2D eigenvalue weighted by molar-refractivity contribution is 5.19. The largest absolute Gasteiger partial charge is 0.367 e. The summed E-state index contributed by atoms with van der Waals surface area (Å²) in [4.78, 5) is 14.7. The minimum Gasteiger partial charge on any atom is -0.367 e. The lowest BCUT2D eigenvalue weighted by atomic mass is 10.0. The average molecular weight is 326 g/mol. The highest BCUT2D eigenvalue weighted by Crippen LogP contribution is 2.28. The molecule has 1 saturated heterocycles. The van der Waals surface area contributed by atoms with E-state index in [1.807, 2.05) is 18.2 Å². The molecule has 0 amide bonds. The molecule has 0 unspecified atom stereocenters. The number of aryl methyl sites for hydroxylation is 1. The van der Waals surface area contributed by atoms with Crippen molar-refractivity contribution in [2.75, 3.05) is 13.1 Å². The molecule has 0 saturated carbocycles. The first-order valence-electron chi connectivity index (χ1n) is 8.62. The number of nitrogens with zero attached hydrogens (tertiary/aromatic N) is 2. The van der Waals surface area contributed by atoms with Crippen molar-refractivity contribution in [1.29, 1.82) is 0 Å². The number of hydrogen-bond donors (Lipinski definition) is 0. The van der Waals surface area contributed by atoms with Crippen LogP contribution in [0.2, 0.25) is 0 Å². The smallest absolute Gasteiger partial charge is 0.254 e. The highest BCUT2D eigenvalue weighted by atomic mass is 16.5. The fraction of sp³-hybridized carbons (Fsp3) is 0.450. The second-order valence-corrected chi connectivity index (χ2v) is 6.96. The molecule has 2 aromatic rings. The molecular weight excluding hydrogens is 300 g/mol. The van der Waals surface area contributed by atoms with Crippen LogP contribution in [-0.2, 0) is 18.3 Å². The topological polar surface area (TPSA) is 34.5 Å². The second kappa shape index (κ2) is 7.32. The molecule has 2 atom stereocenters. The Morgan fingerprint density at radius 3 is 2.58 bits per heavy atom. The van der Waals surface area contributed by atoms with Crippen LogP contribution in [0.1, 0.15) is 31.1 Å². The number of morpholine rings is 1. The Bertz CT molecular complexity index is 724. The van der Waals surface area contributed by atoms with Gasteiger partial charge in [-0.1, -0.05) is 50.2 Å². The van der Waals surface area contributed by atoms with Gasteiger partial charge in [-0.2, -0.15) is 0 Å². The van der Waals surface area contributed by atoms with Gasteiger partial charge in [0.05, 0.1) is 12.2 Å². The van der Waals surface area contributed by atoms with E-state index in [2.05, 4.69) is 43.0 Å². The van der Waals surface area contributed by atoms with Crippen LogP contribution in [-0.4, -0.2) is 28.7 Å². The van der Waals surface area contributed by atoms with Crippen LogP contribution in [0.15, 0.2) is 53.5 Å². The third kappa shape index (κ3) is 3.77. The van der Waals surface area contributed by atoms with Gasteiger partial charge in [-0.05, 0) is 17.5 Å². The fourth-order valence-electron chi connectivity index (χ4n) is 3.22. The van der Waals surface area contributed by atoms with E-state index in [1.165, 1.54) is 5.56 Å². The Morgan fingerprint density at radius 1 is 1.12 bits per heavy atom. The van der Waals surface area contributed by atoms with E-state index in [4.69, 9.17) is 4.74 Å². The minimum absolute atomic E-state index is 0.0555. The van der Waals surface area contributed by atoms with Crippen molar-refractivity contribution in [1.82, 2.24) is 9.47 Å². The van der Waals surface area contributed by atoms with Gasteiger partial charge >= 0.3 is 0 Å². The van der Waals surface area contributed by atoms with Crippen LogP contribution < -0.4 is 5.56 Å². The van der Waals surface area contributed by atoms with Gasteiger partial charge in [-0.15, -0.1) is 0 Å². The summed E-state index contributed by atoms with van der Waals surface area (Å²) in [5.41, 5.74) is 2.13. The number of aromatic nitrogens is 1. The van der Waals surface area contributed by atoms with E-state index in [-0.39, 0.29) is 17.8 Å². The molecule has 24 heavy (non-hydrogen) atoms. The normalized spacial score (nSPS) is 22.0. The summed E-state index contributed by atoms with van der Waals surface area (Å²) >= 11 is 0. The monoisotopic (exact) mass is 326 g/mol. The number of ether oxygens (including phenoxy) is 1. The van der Waals surface area contributed by atoms with Gasteiger partial charge in [0, 0.05) is 38.4 Å². The first kappa shape index (κ1) is 16.9. The Labute approximate surface area is 143 Å². The van der Waals surface area contributed by atoms with Gasteiger partial charge in [0.1, 0.15) is 0 Å². The maximum absolute atomic E-state index is 12.3. The highest BCUT2D eigenvalue weighted by Gasteiger charge is 2.30. The van der Waals surface area contributed by atoms with Crippen molar-refractivity contribution in [2.45, 2.75) is 32.6 Å². The number of pyridine rings is 1. The molecular formula is C20H26N2O2. The average Bonchev–Trinajstić information content (AvgIpc) is 2.59. The summed E-state index contributed by atoms with van der Waals surface area (Å²) < 4.78 is 7.97. The lowest BCUT2D eigenvalue weighted by molar-refractivity contribution is -0.108. The van der Waals surface area contributed by atoms with E-state index in [0.29, 0.717) is 12.5 Å². The molecule has 1 aromatic heterocycles. The molecule has 0 aliphatic carbocycles. The standard InChI is InChI=1S/C20H26N2O2/c1-15(2)18-13-22(12-17-10-7-11-21(3)20(17)23)14-19(24-18)16-8-5-4-6-9-16/h4-11,15,18-19H,12-14H2,1-3H3/t18-,19+/m1/s1. The molecule has 4 heteroatoms. The van der Waals surface area contributed by atoms with Crippen molar-refractivity contribution in [3.63, 3.8) is 0 Å². The third-order valence-corrected chi connectivity index (χ3v) is 4.71. The van der Waals surface area contributed by atoms with Gasteiger partial charge in [0.2, 0.25) is 0 Å². The second-order valence-electron chi connectivity index (χ2n) is 6.96. The van der Waals surface area contributed by atoms with Gasteiger partial charge < -0.3 is 9.30 Å². The fourth-order valence-corrected chi connectivity index (χ4v) is 3.22. The van der Waals surface area contributed by atoms with Crippen LogP contribution in [0.5, 0.6) is 0 Å². The SMILES string of the molecule is CC(C)[C@H]1CN(Cc2cccn(C)c2=O)C[C@@H](c2ccccc2)O1. The predicted molar refractivity (Wildman–Crippen MR) is 95.9 cm³/mol. The summed E-state index contributed by atoms with van der Waals surface area (Å²) in [5, 5.41) is 0. The van der Waals surface area contributed by atoms with E-state index < -0.39 is 0 Å². The van der Waals surface area contributed by atoms with E-state index in [1.54, 1.807) is 17.8 Å². The predicted octanol–water partition coefficient (Wildman–Crippen LogP) is 2.98. The van der Waals surface area contributed by atoms with Gasteiger partial charge in [0.15, 0.2) is 0 Å². The first-order valence-corrected chi connectivity index (χ1v) is 8.62. The van der Waals surface area contributed by atoms with E-state index in [9.17, 15) is 4.79 Å². The molecule has 1 aliphatic rings. The molecule has 1 fully saturated rings. The quantitative estimate of drug-likeness (QED) is 0.866. The Hall–Kier alpha value is -1.91. The molecule has 2 heterocycles. The zero-order chi connectivity index (χ0) is 17.1. The van der Waals surface area contributed by atoms with Gasteiger partial charge in [0.25, 0.3) is 5.56 Å². The summed E-state index contributed by atoms with van der Waals surface area (Å²) in [5.74, 6) is 0.442. The van der Waals surface area contributed by atoms with E-state index in [0.717, 1.165) is 18.7 Å². The van der Waals surface area contributed by atoms with Gasteiger partial charge in [-0.25, -0.2) is 0 Å². The maximum atomic E-state index is 12.3. The summed E-state index contributed by atoms with van der Waals surface area (Å²) in [6.07, 6.45) is 2.03. The van der Waals surface area contributed by atoms with Crippen molar-refractivity contribution >= 4 is 0 Å². The zero-order valence-electron chi connectivity index (χ0n) is 14.7. The van der Waals surface area contributed by atoms with Crippen molar-refractivity contribution in [2.24, 2.45) is 13.0 Å². The molecule has 0 N–H and O–H groups in total. The Kier molecular flexibility index (Phi) is 5.17. The summed E-state index contributed by atoms with van der Waals surface area (Å²) in [7, 11) is 1.80. The van der Waals surface area contributed by atoms with Crippen molar-refractivity contribution in [3.05, 3.63) is 70.1 Å². The van der Waals surface area contributed by atoms with E-state index >= 15 is 0 Å². The molecule has 1 aliphatic heterocycles. The van der Waals surface area contributed by atoms with Crippen LogP contribution in [0.3, 0.4) is 0 Å². The zero-order valence-corrected chi connectivity index (χ0v) is 14.7. The van der Waals surface area contributed by atoms with Crippen LogP contribution >= 0.6 is 0 Å². The first-order chi connectivity index (χ1) is 11.5. The maximum Gasteiger partial charge on any atom is 0.254 e. The molecule has 4 nitrogen and oxygen atoms in total. The van der Waals surface area contributed by atoms with Crippen LogP contribution in [0.4, 0.5) is 0 Å². The molecule has 1 aromatic carbocycles.